The molecular weight excluding hydrogens is 160 g/mol. The Hall–Kier alpha value is -0.300. The molecule has 13 heavy (non-hydrogen) atoms. The van der Waals surface area contributed by atoms with E-state index in [2.05, 4.69) is 19.1 Å². The Morgan fingerprint density at radius 1 is 1.15 bits per heavy atom. The van der Waals surface area contributed by atoms with E-state index in [0.717, 1.165) is 6.61 Å². The van der Waals surface area contributed by atoms with Gasteiger partial charge in [-0.1, -0.05) is 38.3 Å². The number of rotatable bonds is 8. The van der Waals surface area contributed by atoms with E-state index in [1.54, 1.807) is 0 Å². The van der Waals surface area contributed by atoms with Crippen molar-refractivity contribution in [2.75, 3.05) is 6.61 Å². The molecule has 1 atom stereocenters. The Kier molecular flexibility index (Phi) is 5.92. The normalized spacial score (nSPS) is 21.2. The fourth-order valence-corrected chi connectivity index (χ4v) is 1.51. The monoisotopic (exact) mass is 182 g/mol. The smallest absolute Gasteiger partial charge is 0.0810 e. The van der Waals surface area contributed by atoms with Crippen LogP contribution in [-0.4, -0.2) is 12.7 Å². The second-order valence-electron chi connectivity index (χ2n) is 3.83. The van der Waals surface area contributed by atoms with Gasteiger partial charge in [0.15, 0.2) is 0 Å². The zero-order chi connectivity index (χ0) is 9.36. The third kappa shape index (κ3) is 6.83. The molecular formula is C12H22O. The van der Waals surface area contributed by atoms with Crippen LogP contribution in [0.15, 0.2) is 12.2 Å². The van der Waals surface area contributed by atoms with Gasteiger partial charge in [0, 0.05) is 0 Å². The Bertz CT molecular complexity index is 136. The average molecular weight is 182 g/mol. The van der Waals surface area contributed by atoms with Crippen molar-refractivity contribution in [1.82, 2.24) is 0 Å². The predicted octanol–water partition coefficient (Wildman–Crippen LogP) is 3.69. The summed E-state index contributed by atoms with van der Waals surface area (Å²) in [6.07, 6.45) is 14.5. The first-order valence-electron chi connectivity index (χ1n) is 5.70. The summed E-state index contributed by atoms with van der Waals surface area (Å²) >= 11 is 0. The van der Waals surface area contributed by atoms with Crippen LogP contribution in [0.4, 0.5) is 0 Å². The van der Waals surface area contributed by atoms with E-state index in [1.165, 1.54) is 44.9 Å². The zero-order valence-corrected chi connectivity index (χ0v) is 8.80. The highest BCUT2D eigenvalue weighted by Crippen LogP contribution is 2.17. The number of hydrogen-bond donors (Lipinski definition) is 0. The molecule has 1 fully saturated rings. The lowest BCUT2D eigenvalue weighted by Gasteiger charge is -1.97. The van der Waals surface area contributed by atoms with E-state index in [1.807, 2.05) is 0 Å². The van der Waals surface area contributed by atoms with Crippen molar-refractivity contribution in [3.63, 3.8) is 0 Å². The molecule has 0 aromatic heterocycles. The van der Waals surface area contributed by atoms with Gasteiger partial charge in [-0.25, -0.2) is 0 Å². The van der Waals surface area contributed by atoms with E-state index in [4.69, 9.17) is 4.74 Å². The molecule has 1 nitrogen and oxygen atoms in total. The van der Waals surface area contributed by atoms with E-state index in [0.29, 0.717) is 6.10 Å². The molecule has 0 aliphatic carbocycles. The van der Waals surface area contributed by atoms with Crippen molar-refractivity contribution in [3.05, 3.63) is 12.2 Å². The van der Waals surface area contributed by atoms with E-state index < -0.39 is 0 Å². The summed E-state index contributed by atoms with van der Waals surface area (Å²) in [7, 11) is 0. The van der Waals surface area contributed by atoms with Gasteiger partial charge in [0.1, 0.15) is 0 Å². The van der Waals surface area contributed by atoms with Gasteiger partial charge in [-0.15, -0.1) is 0 Å². The van der Waals surface area contributed by atoms with Crippen molar-refractivity contribution in [1.29, 1.82) is 0 Å². The Balaban J connectivity index is 1.70. The topological polar surface area (TPSA) is 12.5 Å². The minimum Gasteiger partial charge on any atom is -0.373 e. The summed E-state index contributed by atoms with van der Waals surface area (Å²) in [6.45, 7) is 3.21. The third-order valence-electron chi connectivity index (χ3n) is 2.45. The van der Waals surface area contributed by atoms with E-state index >= 15 is 0 Å². The molecule has 1 rings (SSSR count). The van der Waals surface area contributed by atoms with Crippen LogP contribution < -0.4 is 0 Å². The fraction of sp³-hybridized carbons (Fsp3) is 0.833. The lowest BCUT2D eigenvalue weighted by Crippen LogP contribution is -1.85. The number of unbranched alkanes of at least 4 members (excludes halogenated alkanes) is 4. The summed E-state index contributed by atoms with van der Waals surface area (Å²) in [6, 6.07) is 0. The van der Waals surface area contributed by atoms with Gasteiger partial charge >= 0.3 is 0 Å². The second kappa shape index (κ2) is 7.14. The Labute approximate surface area is 82.2 Å². The molecule has 76 valence electrons. The van der Waals surface area contributed by atoms with Crippen LogP contribution >= 0.6 is 0 Å². The Morgan fingerprint density at radius 3 is 2.62 bits per heavy atom. The quantitative estimate of drug-likeness (QED) is 0.317. The molecule has 1 heteroatoms. The SMILES string of the molecule is CC/C=C/CCCCCCC1CO1. The first kappa shape index (κ1) is 10.8. The summed E-state index contributed by atoms with van der Waals surface area (Å²) in [5.74, 6) is 0. The third-order valence-corrected chi connectivity index (χ3v) is 2.45. The van der Waals surface area contributed by atoms with Gasteiger partial charge in [-0.3, -0.25) is 0 Å². The van der Waals surface area contributed by atoms with Crippen molar-refractivity contribution in [2.45, 2.75) is 58.0 Å². The first-order chi connectivity index (χ1) is 6.43. The maximum absolute atomic E-state index is 5.16. The molecule has 1 heterocycles. The highest BCUT2D eigenvalue weighted by atomic mass is 16.6. The van der Waals surface area contributed by atoms with Gasteiger partial charge in [0.2, 0.25) is 0 Å². The van der Waals surface area contributed by atoms with Crippen LogP contribution in [0.25, 0.3) is 0 Å². The van der Waals surface area contributed by atoms with Gasteiger partial charge in [-0.05, 0) is 25.7 Å². The zero-order valence-electron chi connectivity index (χ0n) is 8.80. The van der Waals surface area contributed by atoms with Crippen LogP contribution in [-0.2, 0) is 4.74 Å². The maximum Gasteiger partial charge on any atom is 0.0810 e. The minimum absolute atomic E-state index is 0.639. The van der Waals surface area contributed by atoms with Gasteiger partial charge in [0.25, 0.3) is 0 Å². The van der Waals surface area contributed by atoms with Gasteiger partial charge in [-0.2, -0.15) is 0 Å². The standard InChI is InChI=1S/C12H22O/c1-2-3-4-5-6-7-8-9-10-12-11-13-12/h3-4,12H,2,5-11H2,1H3/b4-3+. The molecule has 1 saturated heterocycles. The van der Waals surface area contributed by atoms with Crippen LogP contribution in [0.1, 0.15) is 51.9 Å². The highest BCUT2D eigenvalue weighted by molar-refractivity contribution is 4.79. The molecule has 0 amide bonds. The average Bonchev–Trinajstić information content (AvgIpc) is 2.93. The van der Waals surface area contributed by atoms with Crippen LogP contribution in [0.5, 0.6) is 0 Å². The summed E-state index contributed by atoms with van der Waals surface area (Å²) < 4.78 is 5.16. The number of epoxide rings is 1. The van der Waals surface area contributed by atoms with Crippen molar-refractivity contribution >= 4 is 0 Å². The molecule has 0 aromatic carbocycles. The summed E-state index contributed by atoms with van der Waals surface area (Å²) in [5.41, 5.74) is 0. The van der Waals surface area contributed by atoms with Crippen molar-refractivity contribution in [2.24, 2.45) is 0 Å². The first-order valence-corrected chi connectivity index (χ1v) is 5.70. The van der Waals surface area contributed by atoms with Gasteiger partial charge < -0.3 is 4.74 Å². The number of allylic oxidation sites excluding steroid dienone is 2. The molecule has 0 saturated carbocycles. The summed E-state index contributed by atoms with van der Waals surface area (Å²) in [5, 5.41) is 0. The van der Waals surface area contributed by atoms with Crippen molar-refractivity contribution in [3.8, 4) is 0 Å². The van der Waals surface area contributed by atoms with Crippen LogP contribution in [0, 0.1) is 0 Å². The molecule has 0 N–H and O–H groups in total. The molecule has 1 aliphatic heterocycles. The molecule has 0 spiro atoms. The fourth-order valence-electron chi connectivity index (χ4n) is 1.51. The molecule has 0 aromatic rings. The van der Waals surface area contributed by atoms with E-state index in [-0.39, 0.29) is 0 Å². The maximum atomic E-state index is 5.16. The second-order valence-corrected chi connectivity index (χ2v) is 3.83. The number of ether oxygens (including phenoxy) is 1. The predicted molar refractivity (Wildman–Crippen MR) is 56.9 cm³/mol. The molecule has 0 bridgehead atoms. The van der Waals surface area contributed by atoms with Crippen molar-refractivity contribution < 1.29 is 4.74 Å². The molecule has 1 unspecified atom stereocenters. The van der Waals surface area contributed by atoms with Crippen LogP contribution in [0.2, 0.25) is 0 Å². The summed E-state index contributed by atoms with van der Waals surface area (Å²) in [4.78, 5) is 0. The number of hydrogen-bond acceptors (Lipinski definition) is 1. The lowest BCUT2D eigenvalue weighted by atomic mass is 10.1. The molecule has 0 radical (unpaired) electrons. The van der Waals surface area contributed by atoms with E-state index in [9.17, 15) is 0 Å². The minimum atomic E-state index is 0.639. The highest BCUT2D eigenvalue weighted by Gasteiger charge is 2.20. The molecule has 1 aliphatic rings. The van der Waals surface area contributed by atoms with Crippen LogP contribution in [0.3, 0.4) is 0 Å². The Morgan fingerprint density at radius 2 is 1.92 bits per heavy atom. The van der Waals surface area contributed by atoms with Gasteiger partial charge in [0.05, 0.1) is 12.7 Å². The lowest BCUT2D eigenvalue weighted by molar-refractivity contribution is 0.388. The largest absolute Gasteiger partial charge is 0.373 e.